The lowest BCUT2D eigenvalue weighted by Gasteiger charge is -2.21. The number of nitrogens with zero attached hydrogens (tertiary/aromatic N) is 1. The Morgan fingerprint density at radius 1 is 1.10 bits per heavy atom. The molecule has 3 nitrogen and oxygen atoms in total. The number of nitrogens with one attached hydrogen (secondary N) is 1. The number of hydrogen-bond donors (Lipinski definition) is 1. The third-order valence-electron chi connectivity index (χ3n) is 2.78. The van der Waals surface area contributed by atoms with Crippen molar-refractivity contribution in [2.24, 2.45) is 0 Å². The lowest BCUT2D eigenvalue weighted by molar-refractivity contribution is -0.275. The molecule has 0 saturated carbocycles. The Balaban J connectivity index is 2.40. The van der Waals surface area contributed by atoms with Crippen LogP contribution in [0.15, 0.2) is 48.8 Å². The van der Waals surface area contributed by atoms with Gasteiger partial charge in [-0.25, -0.2) is 0 Å². The molecule has 0 aliphatic rings. The first-order valence-corrected chi connectivity index (χ1v) is 5.93. The first kappa shape index (κ1) is 14.3. The number of hydrogen-bond acceptors (Lipinski definition) is 3. The van der Waals surface area contributed by atoms with Crippen LogP contribution in [-0.2, 0) is 0 Å². The summed E-state index contributed by atoms with van der Waals surface area (Å²) in [6, 6.07) is 9.15. The number of pyridine rings is 1. The van der Waals surface area contributed by atoms with Crippen molar-refractivity contribution >= 4 is 0 Å². The van der Waals surface area contributed by atoms with Crippen molar-refractivity contribution in [2.75, 3.05) is 7.05 Å². The van der Waals surface area contributed by atoms with E-state index in [2.05, 4.69) is 15.0 Å². The summed E-state index contributed by atoms with van der Waals surface area (Å²) < 4.78 is 41.4. The van der Waals surface area contributed by atoms with Crippen molar-refractivity contribution < 1.29 is 17.9 Å². The SMILES string of the molecule is CNC(c1ccncc1)c1ccccc1OC(F)(F)F. The van der Waals surface area contributed by atoms with Crippen molar-refractivity contribution in [2.45, 2.75) is 12.4 Å². The Hall–Kier alpha value is -2.08. The summed E-state index contributed by atoms with van der Waals surface area (Å²) in [5, 5.41) is 2.99. The van der Waals surface area contributed by atoms with Crippen LogP contribution in [0.25, 0.3) is 0 Å². The first-order chi connectivity index (χ1) is 9.51. The fourth-order valence-corrected chi connectivity index (χ4v) is 1.99. The lowest BCUT2D eigenvalue weighted by Crippen LogP contribution is -2.22. The predicted molar refractivity (Wildman–Crippen MR) is 68.3 cm³/mol. The molecule has 0 saturated heterocycles. The second-order valence-corrected chi connectivity index (χ2v) is 4.09. The molecule has 1 unspecified atom stereocenters. The maximum absolute atomic E-state index is 12.4. The maximum Gasteiger partial charge on any atom is 0.573 e. The van der Waals surface area contributed by atoms with Crippen LogP contribution < -0.4 is 10.1 Å². The van der Waals surface area contributed by atoms with Gasteiger partial charge in [-0.15, -0.1) is 13.2 Å². The summed E-state index contributed by atoms with van der Waals surface area (Å²) in [5.41, 5.74) is 1.22. The molecule has 20 heavy (non-hydrogen) atoms. The minimum absolute atomic E-state index is 0.212. The van der Waals surface area contributed by atoms with Gasteiger partial charge < -0.3 is 10.1 Å². The quantitative estimate of drug-likeness (QED) is 0.934. The Kier molecular flexibility index (Phi) is 4.24. The van der Waals surface area contributed by atoms with Gasteiger partial charge in [-0.05, 0) is 30.8 Å². The summed E-state index contributed by atoms with van der Waals surface area (Å²) >= 11 is 0. The van der Waals surface area contributed by atoms with Gasteiger partial charge in [0.25, 0.3) is 0 Å². The topological polar surface area (TPSA) is 34.2 Å². The zero-order chi connectivity index (χ0) is 14.6. The van der Waals surface area contributed by atoms with Crippen molar-refractivity contribution in [1.29, 1.82) is 0 Å². The van der Waals surface area contributed by atoms with Gasteiger partial charge in [0.1, 0.15) is 5.75 Å². The van der Waals surface area contributed by atoms with Gasteiger partial charge in [0.2, 0.25) is 0 Å². The number of aromatic nitrogens is 1. The fraction of sp³-hybridized carbons (Fsp3) is 0.214. The maximum atomic E-state index is 12.4. The molecule has 0 amide bonds. The van der Waals surface area contributed by atoms with Crippen molar-refractivity contribution in [1.82, 2.24) is 10.3 Å². The van der Waals surface area contributed by atoms with Gasteiger partial charge in [0, 0.05) is 18.0 Å². The van der Waals surface area contributed by atoms with Crippen LogP contribution in [0.1, 0.15) is 17.2 Å². The molecule has 0 radical (unpaired) electrons. The molecule has 0 bridgehead atoms. The zero-order valence-electron chi connectivity index (χ0n) is 10.7. The summed E-state index contributed by atoms with van der Waals surface area (Å²) in [6.07, 6.45) is -1.54. The second-order valence-electron chi connectivity index (χ2n) is 4.09. The average Bonchev–Trinajstić information content (AvgIpc) is 2.41. The molecule has 2 rings (SSSR count). The van der Waals surface area contributed by atoms with Gasteiger partial charge >= 0.3 is 6.36 Å². The molecule has 1 N–H and O–H groups in total. The Morgan fingerprint density at radius 3 is 2.35 bits per heavy atom. The van der Waals surface area contributed by atoms with Crippen LogP contribution >= 0.6 is 0 Å². The summed E-state index contributed by atoms with van der Waals surface area (Å²) in [5.74, 6) is -0.212. The normalized spacial score (nSPS) is 13.0. The average molecular weight is 282 g/mol. The molecule has 1 aromatic heterocycles. The van der Waals surface area contributed by atoms with Gasteiger partial charge in [-0.1, -0.05) is 18.2 Å². The number of ether oxygens (including phenoxy) is 1. The van der Waals surface area contributed by atoms with E-state index in [9.17, 15) is 13.2 Å². The van der Waals surface area contributed by atoms with E-state index >= 15 is 0 Å². The monoisotopic (exact) mass is 282 g/mol. The van der Waals surface area contributed by atoms with E-state index < -0.39 is 12.4 Å². The van der Waals surface area contributed by atoms with Crippen LogP contribution in [-0.4, -0.2) is 18.4 Å². The highest BCUT2D eigenvalue weighted by atomic mass is 19.4. The standard InChI is InChI=1S/C14H13F3N2O/c1-18-13(10-6-8-19-9-7-10)11-4-2-3-5-12(11)20-14(15,16)17/h2-9,13,18H,1H3. The van der Waals surface area contributed by atoms with E-state index in [4.69, 9.17) is 0 Å². The Labute approximate surface area is 114 Å². The van der Waals surface area contributed by atoms with Crippen molar-refractivity contribution in [3.63, 3.8) is 0 Å². The molecule has 0 spiro atoms. The molecule has 106 valence electrons. The molecule has 2 aromatic rings. The van der Waals surface area contributed by atoms with Gasteiger partial charge in [-0.3, -0.25) is 4.98 Å². The van der Waals surface area contributed by atoms with Crippen molar-refractivity contribution in [3.05, 3.63) is 59.9 Å². The molecule has 0 aliphatic heterocycles. The molecular formula is C14H13F3N2O. The van der Waals surface area contributed by atoms with Crippen LogP contribution in [0.4, 0.5) is 13.2 Å². The minimum atomic E-state index is -4.72. The molecule has 1 atom stereocenters. The Morgan fingerprint density at radius 2 is 1.75 bits per heavy atom. The molecule has 0 aliphatic carbocycles. The number of benzene rings is 1. The van der Waals surface area contributed by atoms with Crippen LogP contribution in [0.2, 0.25) is 0 Å². The smallest absolute Gasteiger partial charge is 0.405 e. The fourth-order valence-electron chi connectivity index (χ4n) is 1.99. The summed E-state index contributed by atoms with van der Waals surface area (Å²) in [7, 11) is 1.68. The van der Waals surface area contributed by atoms with E-state index in [1.807, 2.05) is 0 Å². The van der Waals surface area contributed by atoms with Crippen molar-refractivity contribution in [3.8, 4) is 5.75 Å². The number of para-hydroxylation sites is 1. The van der Waals surface area contributed by atoms with Gasteiger partial charge in [0.05, 0.1) is 6.04 Å². The molecule has 1 heterocycles. The largest absolute Gasteiger partial charge is 0.573 e. The highest BCUT2D eigenvalue weighted by Gasteiger charge is 2.32. The van der Waals surface area contributed by atoms with E-state index in [1.54, 1.807) is 43.7 Å². The second kappa shape index (κ2) is 5.92. The minimum Gasteiger partial charge on any atom is -0.405 e. The summed E-state index contributed by atoms with van der Waals surface area (Å²) in [6.45, 7) is 0. The highest BCUT2D eigenvalue weighted by Crippen LogP contribution is 2.32. The molecule has 6 heteroatoms. The number of halogens is 3. The Bertz CT molecular complexity index is 558. The lowest BCUT2D eigenvalue weighted by atomic mass is 9.99. The van der Waals surface area contributed by atoms with Gasteiger partial charge in [0.15, 0.2) is 0 Å². The molecule has 0 fully saturated rings. The predicted octanol–water partition coefficient (Wildman–Crippen LogP) is 3.29. The van der Waals surface area contributed by atoms with E-state index in [0.717, 1.165) is 5.56 Å². The van der Waals surface area contributed by atoms with Gasteiger partial charge in [-0.2, -0.15) is 0 Å². The zero-order valence-corrected chi connectivity index (χ0v) is 10.7. The molecular weight excluding hydrogens is 269 g/mol. The highest BCUT2D eigenvalue weighted by molar-refractivity contribution is 5.41. The van der Waals surface area contributed by atoms with Crippen LogP contribution in [0, 0.1) is 0 Å². The van der Waals surface area contributed by atoms with Crippen LogP contribution in [0.5, 0.6) is 5.75 Å². The van der Waals surface area contributed by atoms with E-state index in [1.165, 1.54) is 12.1 Å². The van der Waals surface area contributed by atoms with E-state index in [0.29, 0.717) is 5.56 Å². The third kappa shape index (κ3) is 3.48. The van der Waals surface area contributed by atoms with E-state index in [-0.39, 0.29) is 5.75 Å². The number of alkyl halides is 3. The summed E-state index contributed by atoms with van der Waals surface area (Å²) in [4.78, 5) is 3.90. The molecule has 1 aromatic carbocycles. The first-order valence-electron chi connectivity index (χ1n) is 5.93. The van der Waals surface area contributed by atoms with Crippen LogP contribution in [0.3, 0.4) is 0 Å². The number of rotatable bonds is 4. The third-order valence-corrected chi connectivity index (χ3v) is 2.78.